The van der Waals surface area contributed by atoms with E-state index in [-0.39, 0.29) is 23.6 Å². The number of esters is 1. The minimum atomic E-state index is -3.26. The molecule has 1 heterocycles. The first-order valence-corrected chi connectivity index (χ1v) is 6.54. The van der Waals surface area contributed by atoms with E-state index >= 15 is 0 Å². The first kappa shape index (κ1) is 17.5. The fourth-order valence-corrected chi connectivity index (χ4v) is 1.81. The summed E-state index contributed by atoms with van der Waals surface area (Å²) in [5.74, 6) is -2.01. The molecule has 0 aliphatic carbocycles. The van der Waals surface area contributed by atoms with Gasteiger partial charge in [0.25, 0.3) is 0 Å². The Morgan fingerprint density at radius 2 is 1.79 bits per heavy atom. The molecule has 1 N–H and O–H groups in total. The van der Waals surface area contributed by atoms with Crippen LogP contribution in [0.5, 0.6) is 11.5 Å². The molecule has 2 rings (SSSR count). The van der Waals surface area contributed by atoms with Crippen molar-refractivity contribution in [2.24, 2.45) is 0 Å². The first-order chi connectivity index (χ1) is 11.4. The summed E-state index contributed by atoms with van der Waals surface area (Å²) < 4.78 is 62.6. The van der Waals surface area contributed by atoms with E-state index in [0.717, 1.165) is 12.1 Å². The highest BCUT2D eigenvalue weighted by molar-refractivity contribution is 5.94. The van der Waals surface area contributed by atoms with Crippen LogP contribution < -0.4 is 9.47 Å². The lowest BCUT2D eigenvalue weighted by molar-refractivity contribution is -0.0692. The number of hydrogen-bond donors (Lipinski definition) is 1. The quantitative estimate of drug-likeness (QED) is 0.611. The van der Waals surface area contributed by atoms with Gasteiger partial charge in [-0.1, -0.05) is 0 Å². The van der Waals surface area contributed by atoms with Gasteiger partial charge in [-0.25, -0.2) is 4.79 Å². The van der Waals surface area contributed by atoms with Crippen LogP contribution in [0.15, 0.2) is 18.2 Å². The second kappa shape index (κ2) is 7.62. The third-order valence-electron chi connectivity index (χ3n) is 2.67. The van der Waals surface area contributed by atoms with Gasteiger partial charge in [-0.3, -0.25) is 0 Å². The van der Waals surface area contributed by atoms with Crippen molar-refractivity contribution >= 4 is 5.97 Å². The molecule has 11 heteroatoms. The third-order valence-corrected chi connectivity index (χ3v) is 2.67. The van der Waals surface area contributed by atoms with E-state index in [4.69, 9.17) is 4.74 Å². The molecule has 7 nitrogen and oxygen atoms in total. The highest BCUT2D eigenvalue weighted by Gasteiger charge is 2.22. The van der Waals surface area contributed by atoms with E-state index in [2.05, 4.69) is 24.9 Å². The number of carbonyl (C=O) groups is 1. The molecule has 2 aromatic rings. The topological polar surface area (TPSA) is 86.3 Å². The molecule has 0 saturated carbocycles. The van der Waals surface area contributed by atoms with Crippen LogP contribution in [0.25, 0.3) is 11.3 Å². The maximum atomic E-state index is 12.4. The van der Waals surface area contributed by atoms with Crippen molar-refractivity contribution in [1.29, 1.82) is 0 Å². The van der Waals surface area contributed by atoms with Crippen LogP contribution in [0.3, 0.4) is 0 Å². The molecule has 1 aromatic heterocycles. The molecule has 0 aliphatic heterocycles. The molecule has 130 valence electrons. The molecule has 0 amide bonds. The van der Waals surface area contributed by atoms with Gasteiger partial charge in [-0.05, 0) is 25.1 Å². The molecule has 0 aliphatic rings. The van der Waals surface area contributed by atoms with E-state index in [9.17, 15) is 22.4 Å². The van der Waals surface area contributed by atoms with Crippen LogP contribution in [-0.4, -0.2) is 41.2 Å². The lowest BCUT2D eigenvalue weighted by atomic mass is 10.1. The van der Waals surface area contributed by atoms with Gasteiger partial charge in [0.05, 0.1) is 6.61 Å². The Kier molecular flexibility index (Phi) is 5.55. The second-order valence-electron chi connectivity index (χ2n) is 4.16. The highest BCUT2D eigenvalue weighted by Crippen LogP contribution is 2.34. The molecule has 0 atom stereocenters. The summed E-state index contributed by atoms with van der Waals surface area (Å²) >= 11 is 0. The van der Waals surface area contributed by atoms with E-state index in [1.54, 1.807) is 6.92 Å². The number of halogens is 4. The standard InChI is InChI=1S/C13H11F4N3O4/c1-2-22-11(21)10-9(18-20-19-10)6-3-4-7(23-12(14)15)8(5-6)24-13(16)17/h3-5,12-13H,2H2,1H3,(H,18,19,20). The lowest BCUT2D eigenvalue weighted by Gasteiger charge is -2.12. The first-order valence-electron chi connectivity index (χ1n) is 6.54. The molecule has 0 spiro atoms. The fraction of sp³-hybridized carbons (Fsp3) is 0.308. The second-order valence-corrected chi connectivity index (χ2v) is 4.16. The van der Waals surface area contributed by atoms with Crippen molar-refractivity contribution in [2.75, 3.05) is 6.61 Å². The van der Waals surface area contributed by atoms with Gasteiger partial charge in [0.2, 0.25) is 0 Å². The number of aromatic nitrogens is 3. The zero-order valence-electron chi connectivity index (χ0n) is 12.1. The Bertz CT molecular complexity index is 708. The summed E-state index contributed by atoms with van der Waals surface area (Å²) in [5, 5.41) is 9.56. The number of alkyl halides is 4. The van der Waals surface area contributed by atoms with Crippen molar-refractivity contribution in [2.45, 2.75) is 20.1 Å². The average molecular weight is 349 g/mol. The largest absolute Gasteiger partial charge is 0.461 e. The third kappa shape index (κ3) is 4.12. The molecule has 0 bridgehead atoms. The Morgan fingerprint density at radius 1 is 1.12 bits per heavy atom. The summed E-state index contributed by atoms with van der Waals surface area (Å²) in [4.78, 5) is 11.8. The monoisotopic (exact) mass is 349 g/mol. The molecule has 24 heavy (non-hydrogen) atoms. The van der Waals surface area contributed by atoms with Crippen LogP contribution in [0.4, 0.5) is 17.6 Å². The molecular formula is C13H11F4N3O4. The number of benzene rings is 1. The van der Waals surface area contributed by atoms with Gasteiger partial charge in [-0.2, -0.15) is 27.9 Å². The number of ether oxygens (including phenoxy) is 3. The van der Waals surface area contributed by atoms with Crippen molar-refractivity contribution < 1.29 is 36.6 Å². The Morgan fingerprint density at radius 3 is 2.42 bits per heavy atom. The molecule has 0 fully saturated rings. The minimum Gasteiger partial charge on any atom is -0.461 e. The predicted octanol–water partition coefficient (Wildman–Crippen LogP) is 2.85. The number of H-pyrrole nitrogens is 1. The van der Waals surface area contributed by atoms with Crippen molar-refractivity contribution in [3.8, 4) is 22.8 Å². The average Bonchev–Trinajstić information content (AvgIpc) is 2.98. The number of aromatic amines is 1. The number of nitrogens with zero attached hydrogens (tertiary/aromatic N) is 2. The Balaban J connectivity index is 2.41. The van der Waals surface area contributed by atoms with Crippen LogP contribution in [-0.2, 0) is 4.74 Å². The van der Waals surface area contributed by atoms with Gasteiger partial charge >= 0.3 is 19.2 Å². The smallest absolute Gasteiger partial charge is 0.387 e. The minimum absolute atomic E-state index is 0.0174. The van der Waals surface area contributed by atoms with Gasteiger partial charge in [-0.15, -0.1) is 5.10 Å². The van der Waals surface area contributed by atoms with Crippen LogP contribution in [0, 0.1) is 0 Å². The normalized spacial score (nSPS) is 11.0. The predicted molar refractivity (Wildman–Crippen MR) is 71.0 cm³/mol. The number of rotatable bonds is 7. The lowest BCUT2D eigenvalue weighted by Crippen LogP contribution is -2.08. The van der Waals surface area contributed by atoms with Crippen LogP contribution >= 0.6 is 0 Å². The van der Waals surface area contributed by atoms with Gasteiger partial charge in [0.1, 0.15) is 5.69 Å². The SMILES string of the molecule is CCOC(=O)c1n[nH]nc1-c1ccc(OC(F)F)c(OC(F)F)c1. The number of nitrogens with one attached hydrogen (secondary N) is 1. The summed E-state index contributed by atoms with van der Waals surface area (Å²) in [6.07, 6.45) is 0. The van der Waals surface area contributed by atoms with Gasteiger partial charge < -0.3 is 14.2 Å². The van der Waals surface area contributed by atoms with Crippen molar-refractivity contribution in [3.05, 3.63) is 23.9 Å². The highest BCUT2D eigenvalue weighted by atomic mass is 19.3. The van der Waals surface area contributed by atoms with Crippen molar-refractivity contribution in [1.82, 2.24) is 15.4 Å². The maximum Gasteiger partial charge on any atom is 0.387 e. The molecule has 1 aromatic carbocycles. The summed E-state index contributed by atoms with van der Waals surface area (Å²) in [7, 11) is 0. The van der Waals surface area contributed by atoms with E-state index in [1.807, 2.05) is 0 Å². The zero-order valence-corrected chi connectivity index (χ0v) is 12.1. The summed E-state index contributed by atoms with van der Waals surface area (Å²) in [6, 6.07) is 3.20. The summed E-state index contributed by atoms with van der Waals surface area (Å²) in [5.41, 5.74) is -0.0948. The maximum absolute atomic E-state index is 12.4. The molecule has 0 radical (unpaired) electrons. The number of hydrogen-bond acceptors (Lipinski definition) is 6. The molecular weight excluding hydrogens is 338 g/mol. The van der Waals surface area contributed by atoms with E-state index in [1.165, 1.54) is 6.07 Å². The Hall–Kier alpha value is -2.85. The number of carbonyl (C=O) groups excluding carboxylic acids is 1. The summed E-state index contributed by atoms with van der Waals surface area (Å²) in [6.45, 7) is -4.81. The van der Waals surface area contributed by atoms with Gasteiger partial charge in [0.15, 0.2) is 17.2 Å². The van der Waals surface area contributed by atoms with Crippen molar-refractivity contribution in [3.63, 3.8) is 0 Å². The Labute approximate surface area is 132 Å². The fourth-order valence-electron chi connectivity index (χ4n) is 1.81. The van der Waals surface area contributed by atoms with Crippen LogP contribution in [0.1, 0.15) is 17.4 Å². The van der Waals surface area contributed by atoms with Crippen LogP contribution in [0.2, 0.25) is 0 Å². The van der Waals surface area contributed by atoms with E-state index < -0.39 is 30.7 Å². The van der Waals surface area contributed by atoms with E-state index in [0.29, 0.717) is 0 Å². The molecule has 0 saturated heterocycles. The van der Waals surface area contributed by atoms with Gasteiger partial charge in [0, 0.05) is 5.56 Å². The molecule has 0 unspecified atom stereocenters. The zero-order chi connectivity index (χ0) is 17.7.